The maximum absolute atomic E-state index is 9.42. The number of hydrogen-bond acceptors (Lipinski definition) is 6. The van der Waals surface area contributed by atoms with Gasteiger partial charge in [0.05, 0.1) is 13.2 Å². The molecular weight excluding hydrogens is 324 g/mol. The van der Waals surface area contributed by atoms with E-state index < -0.39 is 12.2 Å². The van der Waals surface area contributed by atoms with Gasteiger partial charge in [0.25, 0.3) is 0 Å². The molecule has 2 atom stereocenters. The Labute approximate surface area is 146 Å². The van der Waals surface area contributed by atoms with Crippen molar-refractivity contribution in [2.24, 2.45) is 0 Å². The molecule has 0 bridgehead atoms. The lowest BCUT2D eigenvalue weighted by Gasteiger charge is -2.14. The van der Waals surface area contributed by atoms with Crippen LogP contribution in [0.2, 0.25) is 0 Å². The van der Waals surface area contributed by atoms with Gasteiger partial charge >= 0.3 is 0 Å². The number of hydrogen-bond donors (Lipinski definition) is 4. The highest BCUT2D eigenvalue weighted by Crippen LogP contribution is 2.23. The molecule has 6 heteroatoms. The quantitative estimate of drug-likeness (QED) is 0.505. The molecule has 4 N–H and O–H groups in total. The van der Waals surface area contributed by atoms with E-state index in [0.717, 1.165) is 11.1 Å². The van der Waals surface area contributed by atoms with Gasteiger partial charge in [-0.1, -0.05) is 30.3 Å². The lowest BCUT2D eigenvalue weighted by molar-refractivity contribution is 0.0533. The lowest BCUT2D eigenvalue weighted by Crippen LogP contribution is -2.21. The summed E-state index contributed by atoms with van der Waals surface area (Å²) in [6, 6.07) is 15.0. The van der Waals surface area contributed by atoms with Crippen LogP contribution in [0.5, 0.6) is 11.5 Å². The predicted octanol–water partition coefficient (Wildman–Crippen LogP) is 0.741. The Kier molecular flexibility index (Phi) is 7.69. The van der Waals surface area contributed by atoms with E-state index in [-0.39, 0.29) is 26.4 Å². The average molecular weight is 348 g/mol. The fraction of sp³-hybridized carbons (Fsp3) is 0.368. The Morgan fingerprint density at radius 3 is 2.00 bits per heavy atom. The van der Waals surface area contributed by atoms with Crippen LogP contribution >= 0.6 is 0 Å². The van der Waals surface area contributed by atoms with Gasteiger partial charge in [0, 0.05) is 6.42 Å². The van der Waals surface area contributed by atoms with E-state index in [1.54, 1.807) is 12.1 Å². The summed E-state index contributed by atoms with van der Waals surface area (Å²) in [5.41, 5.74) is 2.02. The Hall–Kier alpha value is -2.12. The van der Waals surface area contributed by atoms with Gasteiger partial charge < -0.3 is 29.9 Å². The molecule has 0 aliphatic rings. The van der Waals surface area contributed by atoms with Gasteiger partial charge in [0.15, 0.2) is 0 Å². The Bertz CT molecular complexity index is 628. The molecule has 0 saturated heterocycles. The van der Waals surface area contributed by atoms with Crippen molar-refractivity contribution in [3.05, 3.63) is 59.7 Å². The number of ether oxygens (including phenoxy) is 2. The maximum Gasteiger partial charge on any atom is 0.122 e. The summed E-state index contributed by atoms with van der Waals surface area (Å²) in [5, 5.41) is 36.3. The third-order valence-electron chi connectivity index (χ3n) is 3.59. The molecule has 0 aliphatic heterocycles. The Balaban J connectivity index is 1.97. The van der Waals surface area contributed by atoms with Crippen molar-refractivity contribution in [2.45, 2.75) is 18.6 Å². The number of aliphatic hydroxyl groups is 4. The van der Waals surface area contributed by atoms with E-state index in [9.17, 15) is 10.2 Å². The molecule has 2 aromatic carbocycles. The van der Waals surface area contributed by atoms with E-state index in [1.807, 2.05) is 36.4 Å². The maximum atomic E-state index is 9.42. The molecule has 6 nitrogen and oxygen atoms in total. The second kappa shape index (κ2) is 10.0. The molecule has 0 saturated carbocycles. The summed E-state index contributed by atoms with van der Waals surface area (Å²) in [6.07, 6.45) is -1.15. The minimum atomic E-state index is -0.904. The van der Waals surface area contributed by atoms with Crippen LogP contribution in [0, 0.1) is 0 Å². The largest absolute Gasteiger partial charge is 0.491 e. The standard InChI is InChI=1S/C19H24O6/c20-10-16(22)12-24-18-7-5-14(6-8-18)9-15-3-1-2-4-19(15)25-13-17(23)11-21/h1-8,16-17,20-23H,9-13H2. The van der Waals surface area contributed by atoms with Crippen molar-refractivity contribution < 1.29 is 29.9 Å². The summed E-state index contributed by atoms with van der Waals surface area (Å²) in [4.78, 5) is 0. The Morgan fingerprint density at radius 1 is 0.760 bits per heavy atom. The number of aliphatic hydroxyl groups excluding tert-OH is 4. The summed E-state index contributed by atoms with van der Waals surface area (Å²) < 4.78 is 11.0. The summed E-state index contributed by atoms with van der Waals surface area (Å²) in [6.45, 7) is -0.596. The normalized spacial score (nSPS) is 13.3. The first kappa shape index (κ1) is 19.2. The molecule has 2 aromatic rings. The van der Waals surface area contributed by atoms with Crippen LogP contribution in [0.1, 0.15) is 11.1 Å². The second-order valence-electron chi connectivity index (χ2n) is 5.72. The zero-order chi connectivity index (χ0) is 18.1. The van der Waals surface area contributed by atoms with Crippen LogP contribution in [0.25, 0.3) is 0 Å². The molecular formula is C19H24O6. The molecule has 2 unspecified atom stereocenters. The molecule has 0 fully saturated rings. The van der Waals surface area contributed by atoms with Gasteiger partial charge in [0.1, 0.15) is 36.9 Å². The predicted molar refractivity (Wildman–Crippen MR) is 92.9 cm³/mol. The Morgan fingerprint density at radius 2 is 1.36 bits per heavy atom. The van der Waals surface area contributed by atoms with Gasteiger partial charge in [-0.25, -0.2) is 0 Å². The minimum absolute atomic E-state index is 0.0352. The summed E-state index contributed by atoms with van der Waals surface area (Å²) in [7, 11) is 0. The zero-order valence-electron chi connectivity index (χ0n) is 13.9. The third-order valence-corrected chi connectivity index (χ3v) is 3.59. The van der Waals surface area contributed by atoms with Crippen molar-refractivity contribution in [3.63, 3.8) is 0 Å². The highest BCUT2D eigenvalue weighted by Gasteiger charge is 2.08. The van der Waals surface area contributed by atoms with Gasteiger partial charge in [-0.2, -0.15) is 0 Å². The molecule has 0 heterocycles. The molecule has 0 aromatic heterocycles. The molecule has 25 heavy (non-hydrogen) atoms. The highest BCUT2D eigenvalue weighted by molar-refractivity contribution is 5.38. The number of para-hydroxylation sites is 1. The van der Waals surface area contributed by atoms with Crippen LogP contribution < -0.4 is 9.47 Å². The van der Waals surface area contributed by atoms with Gasteiger partial charge in [-0.05, 0) is 29.3 Å². The first-order valence-corrected chi connectivity index (χ1v) is 8.12. The number of rotatable bonds is 10. The SMILES string of the molecule is OCC(O)COc1ccc(Cc2ccccc2OCC(O)CO)cc1. The van der Waals surface area contributed by atoms with Crippen LogP contribution in [0.15, 0.2) is 48.5 Å². The fourth-order valence-corrected chi connectivity index (χ4v) is 2.20. The smallest absolute Gasteiger partial charge is 0.122 e. The van der Waals surface area contributed by atoms with Crippen molar-refractivity contribution in [2.75, 3.05) is 26.4 Å². The molecule has 0 radical (unpaired) electrons. The summed E-state index contributed by atoms with van der Waals surface area (Å²) in [5.74, 6) is 1.29. The van der Waals surface area contributed by atoms with Crippen LogP contribution in [0.3, 0.4) is 0 Å². The number of benzene rings is 2. The van der Waals surface area contributed by atoms with E-state index >= 15 is 0 Å². The average Bonchev–Trinajstić information content (AvgIpc) is 2.66. The highest BCUT2D eigenvalue weighted by atomic mass is 16.5. The fourth-order valence-electron chi connectivity index (χ4n) is 2.20. The van der Waals surface area contributed by atoms with E-state index in [2.05, 4.69) is 0 Å². The first-order valence-electron chi connectivity index (χ1n) is 8.12. The molecule has 0 spiro atoms. The van der Waals surface area contributed by atoms with Crippen LogP contribution in [0.4, 0.5) is 0 Å². The molecule has 0 aliphatic carbocycles. The van der Waals surface area contributed by atoms with Crippen molar-refractivity contribution in [3.8, 4) is 11.5 Å². The minimum Gasteiger partial charge on any atom is -0.491 e. The van der Waals surface area contributed by atoms with Gasteiger partial charge in [-0.15, -0.1) is 0 Å². The van der Waals surface area contributed by atoms with E-state index in [1.165, 1.54) is 0 Å². The van der Waals surface area contributed by atoms with E-state index in [0.29, 0.717) is 17.9 Å². The molecule has 136 valence electrons. The van der Waals surface area contributed by atoms with Gasteiger partial charge in [-0.3, -0.25) is 0 Å². The second-order valence-corrected chi connectivity index (χ2v) is 5.72. The monoisotopic (exact) mass is 348 g/mol. The first-order chi connectivity index (χ1) is 12.1. The molecule has 0 amide bonds. The molecule has 2 rings (SSSR count). The third kappa shape index (κ3) is 6.36. The lowest BCUT2D eigenvalue weighted by atomic mass is 10.0. The van der Waals surface area contributed by atoms with Crippen LogP contribution in [-0.4, -0.2) is 59.1 Å². The summed E-state index contributed by atoms with van der Waals surface area (Å²) >= 11 is 0. The van der Waals surface area contributed by atoms with Crippen molar-refractivity contribution >= 4 is 0 Å². The van der Waals surface area contributed by atoms with Gasteiger partial charge in [0.2, 0.25) is 0 Å². The zero-order valence-corrected chi connectivity index (χ0v) is 13.9. The van der Waals surface area contributed by atoms with Crippen LogP contribution in [-0.2, 0) is 6.42 Å². The van der Waals surface area contributed by atoms with E-state index in [4.69, 9.17) is 19.7 Å². The van der Waals surface area contributed by atoms with Crippen molar-refractivity contribution in [1.29, 1.82) is 0 Å². The topological polar surface area (TPSA) is 99.4 Å². The van der Waals surface area contributed by atoms with Crippen molar-refractivity contribution in [1.82, 2.24) is 0 Å².